The summed E-state index contributed by atoms with van der Waals surface area (Å²) in [4.78, 5) is 13.7. The third-order valence-corrected chi connectivity index (χ3v) is 8.39. The molecular weight excluding hydrogens is 637 g/mol. The molecule has 0 aliphatic carbocycles. The first-order valence-corrected chi connectivity index (χ1v) is 15.3. The van der Waals surface area contributed by atoms with Gasteiger partial charge in [0.15, 0.2) is 0 Å². The molecule has 3 nitrogen and oxygen atoms in total. The fourth-order valence-corrected chi connectivity index (χ4v) is 5.91. The average Bonchev–Trinajstić information content (AvgIpc) is 3.26. The summed E-state index contributed by atoms with van der Waals surface area (Å²) in [6.07, 6.45) is 0. The summed E-state index contributed by atoms with van der Waals surface area (Å²) in [5.41, 5.74) is 1.95. The van der Waals surface area contributed by atoms with E-state index >= 15 is 0 Å². The van der Waals surface area contributed by atoms with Crippen molar-refractivity contribution in [3.63, 3.8) is 0 Å². The zero-order valence-corrected chi connectivity index (χ0v) is 26.0. The van der Waals surface area contributed by atoms with Gasteiger partial charge in [0.1, 0.15) is 0 Å². The van der Waals surface area contributed by atoms with Crippen LogP contribution in [0.4, 0.5) is 0 Å². The van der Waals surface area contributed by atoms with Crippen molar-refractivity contribution in [2.75, 3.05) is 0 Å². The van der Waals surface area contributed by atoms with Crippen molar-refractivity contribution in [1.82, 2.24) is 15.0 Å². The molecule has 0 bridgehead atoms. The first kappa shape index (κ1) is 17.3. The van der Waals surface area contributed by atoms with Crippen molar-refractivity contribution in [3.05, 3.63) is 170 Å². The molecule has 7 aromatic carbocycles. The maximum absolute atomic E-state index is 9.10. The molecule has 221 valence electrons. The second-order valence-electron chi connectivity index (χ2n) is 10.4. The van der Waals surface area contributed by atoms with Gasteiger partial charge in [0.25, 0.3) is 0 Å². The van der Waals surface area contributed by atoms with E-state index in [9.17, 15) is 0 Å². The quantitative estimate of drug-likeness (QED) is 0.164. The molecule has 1 radical (unpaired) electrons. The second-order valence-corrected chi connectivity index (χ2v) is 11.2. The number of nitrogens with zero attached hydrogens (tertiary/aromatic N) is 3. The molecule has 0 aliphatic heterocycles. The summed E-state index contributed by atoms with van der Waals surface area (Å²) < 4.78 is 120. The predicted molar refractivity (Wildman–Crippen MR) is 195 cm³/mol. The minimum absolute atomic E-state index is 0.0975. The average molecular weight is 680 g/mol. The van der Waals surface area contributed by atoms with E-state index in [0.29, 0.717) is 10.0 Å². The summed E-state index contributed by atoms with van der Waals surface area (Å²) >= 11 is 3.10. The molecule has 47 heavy (non-hydrogen) atoms. The van der Waals surface area contributed by atoms with Crippen molar-refractivity contribution < 1.29 is 19.2 Å². The van der Waals surface area contributed by atoms with E-state index in [2.05, 4.69) is 43.1 Å². The third-order valence-electron chi connectivity index (χ3n) is 7.47. The van der Waals surface area contributed by atoms with Gasteiger partial charge >= 0.3 is 292 Å². The molecule has 1 heterocycles. The number of fused-ring (bicyclic) bond motifs is 1. The van der Waals surface area contributed by atoms with Crippen molar-refractivity contribution in [2.24, 2.45) is 0 Å². The van der Waals surface area contributed by atoms with Crippen LogP contribution in [0.25, 0.3) is 78.3 Å². The second kappa shape index (κ2) is 12.6. The molecular formula is C43H28N3Se. The van der Waals surface area contributed by atoms with E-state index < -0.39 is 118 Å². The molecule has 4 heteroatoms. The Hall–Kier alpha value is -5.67. The predicted octanol–water partition coefficient (Wildman–Crippen LogP) is 9.82. The number of benzene rings is 7. The number of hydrogen-bond acceptors (Lipinski definition) is 3. The molecule has 0 saturated heterocycles. The Kier molecular flexibility index (Phi) is 4.64. The van der Waals surface area contributed by atoms with Gasteiger partial charge in [-0.15, -0.1) is 0 Å². The van der Waals surface area contributed by atoms with Crippen LogP contribution in [0.1, 0.15) is 19.2 Å². The molecule has 0 atom stereocenters. The van der Waals surface area contributed by atoms with Gasteiger partial charge in [-0.05, 0) is 0 Å². The molecule has 0 amide bonds. The Labute approximate surface area is 302 Å². The van der Waals surface area contributed by atoms with Crippen LogP contribution in [0, 0.1) is 0 Å². The van der Waals surface area contributed by atoms with Crippen LogP contribution in [0.15, 0.2) is 170 Å². The van der Waals surface area contributed by atoms with Crippen LogP contribution in [-0.4, -0.2) is 31.0 Å². The summed E-state index contributed by atoms with van der Waals surface area (Å²) in [5.74, 6) is -0.953. The van der Waals surface area contributed by atoms with Crippen LogP contribution in [0.2, 0.25) is 0 Å². The van der Waals surface area contributed by atoms with E-state index in [0.717, 1.165) is 33.0 Å². The van der Waals surface area contributed by atoms with E-state index in [1.54, 1.807) is 12.1 Å². The molecule has 0 saturated carbocycles. The van der Waals surface area contributed by atoms with Crippen molar-refractivity contribution in [1.29, 1.82) is 0 Å². The van der Waals surface area contributed by atoms with Gasteiger partial charge in [-0.2, -0.15) is 0 Å². The topological polar surface area (TPSA) is 38.7 Å². The monoisotopic (exact) mass is 680 g/mol. The zero-order chi connectivity index (χ0) is 43.8. The van der Waals surface area contributed by atoms with E-state index in [-0.39, 0.29) is 5.82 Å². The molecule has 0 N–H and O–H groups in total. The van der Waals surface area contributed by atoms with Crippen molar-refractivity contribution >= 4 is 31.2 Å². The molecule has 8 rings (SSSR count). The summed E-state index contributed by atoms with van der Waals surface area (Å²) in [6, 6.07) is 17.7. The van der Waals surface area contributed by atoms with Gasteiger partial charge in [0, 0.05) is 0 Å². The van der Waals surface area contributed by atoms with Crippen LogP contribution >= 0.6 is 0 Å². The first-order chi connectivity index (χ1) is 29.0. The first-order valence-electron chi connectivity index (χ1n) is 21.4. The van der Waals surface area contributed by atoms with Gasteiger partial charge in [0.2, 0.25) is 0 Å². The van der Waals surface area contributed by atoms with Crippen LogP contribution in [0.3, 0.4) is 0 Å². The molecule has 0 unspecified atom stereocenters. The third kappa shape index (κ3) is 5.89. The Morgan fingerprint density at radius 3 is 1.66 bits per heavy atom. The summed E-state index contributed by atoms with van der Waals surface area (Å²) in [5, 5.41) is 2.20. The van der Waals surface area contributed by atoms with Crippen molar-refractivity contribution in [2.45, 2.75) is 0 Å². The van der Waals surface area contributed by atoms with Gasteiger partial charge in [0.05, 0.1) is 4.11 Å². The Morgan fingerprint density at radius 2 is 0.915 bits per heavy atom. The molecule has 0 fully saturated rings. The number of hydrogen-bond donors (Lipinski definition) is 0. The molecule has 0 aliphatic rings. The summed E-state index contributed by atoms with van der Waals surface area (Å²) in [6.45, 7) is 0. The SMILES string of the molecule is [2H]c1c([2H])c([2H])c(-c2nc(-c3cccc(-c4cccc(-c5ccc6ccccc6c5)c4)c3[Se])nc(-c3c([2H])c([2H])c(-c4c([2H])c([2H])c([2H])c([2H])c4[2H])c([2H])c3[2H])n2)c([2H])c1[2H]. The minimum atomic E-state index is -0.751. The van der Waals surface area contributed by atoms with Crippen LogP contribution in [-0.2, 0) is 0 Å². The van der Waals surface area contributed by atoms with E-state index in [1.165, 1.54) is 0 Å². The maximum atomic E-state index is 9.10. The Bertz CT molecular complexity index is 3090. The normalized spacial score (nSPS) is 15.2. The Balaban J connectivity index is 1.35. The summed E-state index contributed by atoms with van der Waals surface area (Å²) in [7, 11) is 0. The van der Waals surface area contributed by atoms with E-state index in [4.69, 9.17) is 19.2 Å². The molecule has 1 aromatic heterocycles. The fourth-order valence-electron chi connectivity index (χ4n) is 5.18. The molecule has 0 spiro atoms. The van der Waals surface area contributed by atoms with Crippen LogP contribution < -0.4 is 4.46 Å². The van der Waals surface area contributed by atoms with Gasteiger partial charge in [-0.25, -0.2) is 0 Å². The van der Waals surface area contributed by atoms with Gasteiger partial charge in [-0.1, -0.05) is 6.04 Å². The molecule has 8 aromatic rings. The fraction of sp³-hybridized carbons (Fsp3) is 0. The van der Waals surface area contributed by atoms with E-state index in [1.807, 2.05) is 60.7 Å². The Morgan fingerprint density at radius 1 is 0.383 bits per heavy atom. The number of aromatic nitrogens is 3. The zero-order valence-electron chi connectivity index (χ0n) is 38.3. The van der Waals surface area contributed by atoms with Gasteiger partial charge < -0.3 is 0 Å². The van der Waals surface area contributed by atoms with Gasteiger partial charge in [-0.3, -0.25) is 0 Å². The standard InChI is InChI=1S/C43H28N3Se/c47-40-38(37-18-9-17-35(28-37)36-26-23-30-13-7-8-16-34(30)27-36)19-10-20-39(40)43-45-41(32-14-5-2-6-15-32)44-42(46-43)33-24-21-31(22-25-33)29-11-3-1-4-12-29/h1-28H/i1D,2D,3D,4D,5D,6D,11D,12D,14D,15D,21D,22D,24D,25D. The van der Waals surface area contributed by atoms with Crippen LogP contribution in [0.5, 0.6) is 0 Å². The van der Waals surface area contributed by atoms with Crippen molar-refractivity contribution in [3.8, 4) is 67.5 Å². The number of rotatable bonds is 6.